The highest BCUT2D eigenvalue weighted by molar-refractivity contribution is 7.89. The standard InChI is InChI=1S/C10H16N2O3S.ClH/c1-11-16(13,14)7-9-4-12-5-10(9)8-2-3-15-6-8;/h2-3,6,9-12H,4-5,7H2,1H3;1H. The maximum Gasteiger partial charge on any atom is 0.211 e. The van der Waals surface area contributed by atoms with Crippen molar-refractivity contribution in [1.82, 2.24) is 10.0 Å². The van der Waals surface area contributed by atoms with E-state index < -0.39 is 10.0 Å². The Bertz CT molecular complexity index is 432. The molecule has 2 atom stereocenters. The van der Waals surface area contributed by atoms with Crippen LogP contribution in [0.5, 0.6) is 0 Å². The van der Waals surface area contributed by atoms with E-state index in [2.05, 4.69) is 10.0 Å². The fourth-order valence-electron chi connectivity index (χ4n) is 2.15. The second kappa shape index (κ2) is 5.86. The lowest BCUT2D eigenvalue weighted by atomic mass is 9.92. The molecule has 0 radical (unpaired) electrons. The molecule has 0 amide bonds. The fraction of sp³-hybridized carbons (Fsp3) is 0.600. The van der Waals surface area contributed by atoms with Crippen LogP contribution in [0.2, 0.25) is 0 Å². The highest BCUT2D eigenvalue weighted by atomic mass is 35.5. The lowest BCUT2D eigenvalue weighted by molar-refractivity contribution is 0.524. The predicted octanol–water partition coefficient (Wildman–Crippen LogP) is 0.554. The van der Waals surface area contributed by atoms with Gasteiger partial charge in [-0.2, -0.15) is 0 Å². The van der Waals surface area contributed by atoms with Gasteiger partial charge in [0.2, 0.25) is 10.0 Å². The van der Waals surface area contributed by atoms with Gasteiger partial charge in [0.05, 0.1) is 18.3 Å². The molecule has 1 aromatic heterocycles. The summed E-state index contributed by atoms with van der Waals surface area (Å²) in [6.07, 6.45) is 3.31. The van der Waals surface area contributed by atoms with E-state index in [1.165, 1.54) is 7.05 Å². The Balaban J connectivity index is 0.00000144. The highest BCUT2D eigenvalue weighted by Crippen LogP contribution is 2.29. The first-order valence-electron chi connectivity index (χ1n) is 5.26. The van der Waals surface area contributed by atoms with Crippen molar-refractivity contribution in [2.75, 3.05) is 25.9 Å². The number of hydrogen-bond acceptors (Lipinski definition) is 4. The first-order valence-corrected chi connectivity index (χ1v) is 6.91. The van der Waals surface area contributed by atoms with Gasteiger partial charge in [0, 0.05) is 12.5 Å². The highest BCUT2D eigenvalue weighted by Gasteiger charge is 2.32. The maximum absolute atomic E-state index is 11.5. The largest absolute Gasteiger partial charge is 0.472 e. The molecule has 0 bridgehead atoms. The minimum Gasteiger partial charge on any atom is -0.472 e. The van der Waals surface area contributed by atoms with Crippen LogP contribution in [0.15, 0.2) is 23.0 Å². The molecule has 1 aliphatic rings. The minimum absolute atomic E-state index is 0. The molecule has 0 saturated carbocycles. The predicted molar refractivity (Wildman–Crippen MR) is 67.9 cm³/mol. The summed E-state index contributed by atoms with van der Waals surface area (Å²) in [5, 5.41) is 3.22. The van der Waals surface area contributed by atoms with E-state index in [4.69, 9.17) is 4.42 Å². The molecular formula is C10H17ClN2O3S. The summed E-state index contributed by atoms with van der Waals surface area (Å²) in [4.78, 5) is 0. The number of nitrogens with one attached hydrogen (secondary N) is 2. The summed E-state index contributed by atoms with van der Waals surface area (Å²) < 4.78 is 30.4. The van der Waals surface area contributed by atoms with Crippen molar-refractivity contribution in [3.05, 3.63) is 24.2 Å². The second-order valence-electron chi connectivity index (χ2n) is 4.07. The average molecular weight is 281 g/mol. The zero-order chi connectivity index (χ0) is 11.6. The Kier molecular flexibility index (Phi) is 5.00. The smallest absolute Gasteiger partial charge is 0.211 e. The van der Waals surface area contributed by atoms with Gasteiger partial charge in [-0.05, 0) is 31.1 Å². The number of sulfonamides is 1. The average Bonchev–Trinajstić information content (AvgIpc) is 2.86. The molecular weight excluding hydrogens is 264 g/mol. The molecule has 7 heteroatoms. The van der Waals surface area contributed by atoms with Crippen LogP contribution in [0.25, 0.3) is 0 Å². The third-order valence-electron chi connectivity index (χ3n) is 3.06. The molecule has 0 spiro atoms. The summed E-state index contributed by atoms with van der Waals surface area (Å²) >= 11 is 0. The van der Waals surface area contributed by atoms with Crippen LogP contribution in [0.3, 0.4) is 0 Å². The van der Waals surface area contributed by atoms with Gasteiger partial charge in [-0.3, -0.25) is 0 Å². The molecule has 2 unspecified atom stereocenters. The van der Waals surface area contributed by atoms with Gasteiger partial charge in [-0.15, -0.1) is 12.4 Å². The molecule has 98 valence electrons. The number of hydrogen-bond donors (Lipinski definition) is 2. The van der Waals surface area contributed by atoms with Gasteiger partial charge in [-0.25, -0.2) is 13.1 Å². The minimum atomic E-state index is -3.15. The van der Waals surface area contributed by atoms with Crippen LogP contribution in [-0.2, 0) is 10.0 Å². The molecule has 0 aliphatic carbocycles. The van der Waals surface area contributed by atoms with Crippen molar-refractivity contribution in [2.24, 2.45) is 5.92 Å². The van der Waals surface area contributed by atoms with Crippen molar-refractivity contribution in [3.8, 4) is 0 Å². The lowest BCUT2D eigenvalue weighted by Crippen LogP contribution is -2.29. The van der Waals surface area contributed by atoms with Crippen LogP contribution in [0.1, 0.15) is 11.5 Å². The number of halogens is 1. The third kappa shape index (κ3) is 3.45. The quantitative estimate of drug-likeness (QED) is 0.845. The third-order valence-corrected chi connectivity index (χ3v) is 4.54. The van der Waals surface area contributed by atoms with Crippen LogP contribution < -0.4 is 10.0 Å². The Morgan fingerprint density at radius 3 is 2.88 bits per heavy atom. The summed E-state index contributed by atoms with van der Waals surface area (Å²) in [7, 11) is -1.70. The van der Waals surface area contributed by atoms with Gasteiger partial charge in [0.1, 0.15) is 0 Å². The Hall–Kier alpha value is -0.560. The summed E-state index contributed by atoms with van der Waals surface area (Å²) in [6.45, 7) is 1.54. The van der Waals surface area contributed by atoms with Gasteiger partial charge in [0.25, 0.3) is 0 Å². The molecule has 17 heavy (non-hydrogen) atoms. The van der Waals surface area contributed by atoms with Gasteiger partial charge in [0.15, 0.2) is 0 Å². The molecule has 1 aliphatic heterocycles. The Labute approximate surface area is 107 Å². The first kappa shape index (κ1) is 14.5. The summed E-state index contributed by atoms with van der Waals surface area (Å²) in [5.74, 6) is 0.490. The first-order chi connectivity index (χ1) is 7.62. The summed E-state index contributed by atoms with van der Waals surface area (Å²) in [5.41, 5.74) is 1.07. The van der Waals surface area contributed by atoms with E-state index >= 15 is 0 Å². The van der Waals surface area contributed by atoms with Crippen molar-refractivity contribution >= 4 is 22.4 Å². The molecule has 0 aromatic carbocycles. The van der Waals surface area contributed by atoms with Crippen LogP contribution in [-0.4, -0.2) is 34.3 Å². The van der Waals surface area contributed by atoms with E-state index in [1.807, 2.05) is 6.07 Å². The zero-order valence-electron chi connectivity index (χ0n) is 9.55. The van der Waals surface area contributed by atoms with Gasteiger partial charge < -0.3 is 9.73 Å². The van der Waals surface area contributed by atoms with Gasteiger partial charge in [-0.1, -0.05) is 0 Å². The molecule has 5 nitrogen and oxygen atoms in total. The molecule has 1 aromatic rings. The topological polar surface area (TPSA) is 71.3 Å². The van der Waals surface area contributed by atoms with Crippen LogP contribution >= 0.6 is 12.4 Å². The summed E-state index contributed by atoms with van der Waals surface area (Å²) in [6, 6.07) is 1.90. The molecule has 1 fully saturated rings. The molecule has 2 heterocycles. The van der Waals surface area contributed by atoms with E-state index in [0.717, 1.165) is 18.7 Å². The Morgan fingerprint density at radius 2 is 2.29 bits per heavy atom. The molecule has 2 N–H and O–H groups in total. The SMILES string of the molecule is CNS(=O)(=O)CC1CNCC1c1ccoc1.Cl. The van der Waals surface area contributed by atoms with Crippen LogP contribution in [0, 0.1) is 5.92 Å². The second-order valence-corrected chi connectivity index (χ2v) is 6.04. The lowest BCUT2D eigenvalue weighted by Gasteiger charge is -2.16. The maximum atomic E-state index is 11.5. The van der Waals surface area contributed by atoms with E-state index in [-0.39, 0.29) is 30.0 Å². The molecule has 2 rings (SSSR count). The fourth-order valence-corrected chi connectivity index (χ4v) is 3.23. The molecule has 1 saturated heterocycles. The zero-order valence-corrected chi connectivity index (χ0v) is 11.2. The van der Waals surface area contributed by atoms with Crippen molar-refractivity contribution in [2.45, 2.75) is 5.92 Å². The monoisotopic (exact) mass is 280 g/mol. The van der Waals surface area contributed by atoms with Gasteiger partial charge >= 0.3 is 0 Å². The van der Waals surface area contributed by atoms with E-state index in [1.54, 1.807) is 12.5 Å². The van der Waals surface area contributed by atoms with Crippen molar-refractivity contribution in [1.29, 1.82) is 0 Å². The van der Waals surface area contributed by atoms with Crippen molar-refractivity contribution in [3.63, 3.8) is 0 Å². The van der Waals surface area contributed by atoms with E-state index in [0.29, 0.717) is 0 Å². The Morgan fingerprint density at radius 1 is 1.53 bits per heavy atom. The number of rotatable bonds is 4. The van der Waals surface area contributed by atoms with Crippen LogP contribution in [0.4, 0.5) is 0 Å². The van der Waals surface area contributed by atoms with E-state index in [9.17, 15) is 8.42 Å². The number of furan rings is 1. The van der Waals surface area contributed by atoms with Crippen molar-refractivity contribution < 1.29 is 12.8 Å². The normalized spacial score (nSPS) is 24.5.